The smallest absolute Gasteiger partial charge is 0.00463 e. The first-order valence-electron chi connectivity index (χ1n) is 5.34. The van der Waals surface area contributed by atoms with Crippen molar-refractivity contribution in [1.82, 2.24) is 5.32 Å². The number of hydrogen-bond acceptors (Lipinski definition) is 2. The van der Waals surface area contributed by atoms with Gasteiger partial charge in [0.15, 0.2) is 0 Å². The first-order valence-corrected chi connectivity index (χ1v) is 5.34. The molecule has 0 unspecified atom stereocenters. The van der Waals surface area contributed by atoms with Crippen molar-refractivity contribution in [3.63, 3.8) is 0 Å². The third kappa shape index (κ3) is 5.56. The molecule has 0 aromatic heterocycles. The summed E-state index contributed by atoms with van der Waals surface area (Å²) in [6.45, 7) is 3.27. The molecule has 2 nitrogen and oxygen atoms in total. The van der Waals surface area contributed by atoms with Crippen LogP contribution in [0.5, 0.6) is 0 Å². The molecule has 1 saturated carbocycles. The lowest BCUT2D eigenvalue weighted by Gasteiger charge is -2.02. The van der Waals surface area contributed by atoms with Gasteiger partial charge in [-0.15, -0.1) is 0 Å². The van der Waals surface area contributed by atoms with Crippen LogP contribution >= 0.6 is 0 Å². The molecule has 3 N–H and O–H groups in total. The molecular formula is C10H22N2. The van der Waals surface area contributed by atoms with E-state index in [0.29, 0.717) is 0 Å². The van der Waals surface area contributed by atoms with Crippen LogP contribution in [-0.4, -0.2) is 19.6 Å². The summed E-state index contributed by atoms with van der Waals surface area (Å²) in [5.41, 5.74) is 5.40. The molecule has 0 radical (unpaired) electrons. The van der Waals surface area contributed by atoms with Crippen molar-refractivity contribution in [3.8, 4) is 0 Å². The molecule has 0 heterocycles. The summed E-state index contributed by atoms with van der Waals surface area (Å²) in [4.78, 5) is 0. The fraction of sp³-hybridized carbons (Fsp3) is 1.00. The van der Waals surface area contributed by atoms with Crippen molar-refractivity contribution < 1.29 is 0 Å². The Balaban J connectivity index is 1.65. The van der Waals surface area contributed by atoms with Crippen molar-refractivity contribution in [1.29, 1.82) is 0 Å². The predicted octanol–water partition coefficient (Wildman–Crippen LogP) is 1.51. The van der Waals surface area contributed by atoms with Gasteiger partial charge in [-0.1, -0.05) is 19.3 Å². The molecular weight excluding hydrogens is 148 g/mol. The lowest BCUT2D eigenvalue weighted by Crippen LogP contribution is -2.17. The second-order valence-electron chi connectivity index (χ2n) is 3.83. The molecule has 1 aliphatic rings. The minimum Gasteiger partial charge on any atom is -0.330 e. The molecule has 1 rings (SSSR count). The highest BCUT2D eigenvalue weighted by Crippen LogP contribution is 2.31. The van der Waals surface area contributed by atoms with Crippen molar-refractivity contribution in [2.24, 2.45) is 11.7 Å². The molecule has 12 heavy (non-hydrogen) atoms. The summed E-state index contributed by atoms with van der Waals surface area (Å²) in [5.74, 6) is 1.07. The van der Waals surface area contributed by atoms with E-state index in [-0.39, 0.29) is 0 Å². The number of nitrogens with one attached hydrogen (secondary N) is 1. The van der Waals surface area contributed by atoms with E-state index in [1.54, 1.807) is 0 Å². The van der Waals surface area contributed by atoms with E-state index >= 15 is 0 Å². The Kier molecular flexibility index (Phi) is 5.37. The van der Waals surface area contributed by atoms with Gasteiger partial charge in [-0.05, 0) is 44.8 Å². The van der Waals surface area contributed by atoms with E-state index in [2.05, 4.69) is 5.32 Å². The monoisotopic (exact) mass is 170 g/mol. The van der Waals surface area contributed by atoms with Crippen molar-refractivity contribution in [2.45, 2.75) is 38.5 Å². The standard InChI is InChI=1S/C10H22N2/c11-7-2-1-3-8-12-9-6-10-4-5-10/h10,12H,1-9,11H2. The van der Waals surface area contributed by atoms with Crippen LogP contribution in [0.15, 0.2) is 0 Å². The van der Waals surface area contributed by atoms with Crippen LogP contribution in [0.1, 0.15) is 38.5 Å². The fourth-order valence-corrected chi connectivity index (χ4v) is 1.41. The van der Waals surface area contributed by atoms with Gasteiger partial charge in [-0.25, -0.2) is 0 Å². The van der Waals surface area contributed by atoms with Gasteiger partial charge >= 0.3 is 0 Å². The molecule has 72 valence electrons. The quantitative estimate of drug-likeness (QED) is 0.542. The summed E-state index contributed by atoms with van der Waals surface area (Å²) >= 11 is 0. The van der Waals surface area contributed by atoms with E-state index < -0.39 is 0 Å². The van der Waals surface area contributed by atoms with E-state index in [0.717, 1.165) is 12.5 Å². The molecule has 0 aromatic rings. The van der Waals surface area contributed by atoms with Crippen molar-refractivity contribution >= 4 is 0 Å². The topological polar surface area (TPSA) is 38.0 Å². The van der Waals surface area contributed by atoms with Gasteiger partial charge < -0.3 is 11.1 Å². The van der Waals surface area contributed by atoms with Gasteiger partial charge in [-0.3, -0.25) is 0 Å². The van der Waals surface area contributed by atoms with Crippen LogP contribution in [0.3, 0.4) is 0 Å². The summed E-state index contributed by atoms with van der Waals surface area (Å²) < 4.78 is 0. The van der Waals surface area contributed by atoms with E-state index in [1.165, 1.54) is 51.6 Å². The second kappa shape index (κ2) is 6.44. The zero-order valence-electron chi connectivity index (χ0n) is 8.02. The van der Waals surface area contributed by atoms with Crippen LogP contribution in [0, 0.1) is 5.92 Å². The van der Waals surface area contributed by atoms with Crippen molar-refractivity contribution in [3.05, 3.63) is 0 Å². The third-order valence-corrected chi connectivity index (χ3v) is 2.48. The summed E-state index contributed by atoms with van der Waals surface area (Å²) in [6.07, 6.45) is 8.12. The zero-order chi connectivity index (χ0) is 8.65. The van der Waals surface area contributed by atoms with Crippen LogP contribution in [0.25, 0.3) is 0 Å². The lowest BCUT2D eigenvalue weighted by molar-refractivity contribution is 0.574. The predicted molar refractivity (Wildman–Crippen MR) is 53.1 cm³/mol. The molecule has 1 fully saturated rings. The highest BCUT2D eigenvalue weighted by molar-refractivity contribution is 4.73. The van der Waals surface area contributed by atoms with Gasteiger partial charge in [0.05, 0.1) is 0 Å². The van der Waals surface area contributed by atoms with E-state index in [4.69, 9.17) is 5.73 Å². The lowest BCUT2D eigenvalue weighted by atomic mass is 10.2. The zero-order valence-corrected chi connectivity index (χ0v) is 8.02. The van der Waals surface area contributed by atoms with Crippen molar-refractivity contribution in [2.75, 3.05) is 19.6 Å². The first-order chi connectivity index (χ1) is 5.93. The highest BCUT2D eigenvalue weighted by atomic mass is 14.8. The van der Waals surface area contributed by atoms with Gasteiger partial charge in [0.25, 0.3) is 0 Å². The van der Waals surface area contributed by atoms with Gasteiger partial charge in [-0.2, -0.15) is 0 Å². The Morgan fingerprint density at radius 2 is 1.92 bits per heavy atom. The third-order valence-electron chi connectivity index (χ3n) is 2.48. The van der Waals surface area contributed by atoms with Gasteiger partial charge in [0.2, 0.25) is 0 Å². The molecule has 0 spiro atoms. The average molecular weight is 170 g/mol. The molecule has 1 aliphatic carbocycles. The SMILES string of the molecule is NCCCCCNCCC1CC1. The van der Waals surface area contributed by atoms with Crippen LogP contribution in [-0.2, 0) is 0 Å². The Morgan fingerprint density at radius 3 is 2.58 bits per heavy atom. The number of rotatable bonds is 8. The summed E-state index contributed by atoms with van der Waals surface area (Å²) in [5, 5.41) is 3.47. The Hall–Kier alpha value is -0.0800. The molecule has 0 atom stereocenters. The van der Waals surface area contributed by atoms with Gasteiger partial charge in [0, 0.05) is 0 Å². The fourth-order valence-electron chi connectivity index (χ4n) is 1.41. The maximum atomic E-state index is 5.40. The summed E-state index contributed by atoms with van der Waals surface area (Å²) in [7, 11) is 0. The molecule has 0 bridgehead atoms. The number of unbranched alkanes of at least 4 members (excludes halogenated alkanes) is 2. The summed E-state index contributed by atoms with van der Waals surface area (Å²) in [6, 6.07) is 0. The maximum absolute atomic E-state index is 5.40. The highest BCUT2D eigenvalue weighted by Gasteiger charge is 2.19. The number of nitrogens with two attached hydrogens (primary N) is 1. The molecule has 0 saturated heterocycles. The Morgan fingerprint density at radius 1 is 1.08 bits per heavy atom. The molecule has 0 amide bonds. The number of hydrogen-bond donors (Lipinski definition) is 2. The first kappa shape index (κ1) is 10.0. The van der Waals surface area contributed by atoms with E-state index in [9.17, 15) is 0 Å². The van der Waals surface area contributed by atoms with Gasteiger partial charge in [0.1, 0.15) is 0 Å². The van der Waals surface area contributed by atoms with Crippen LogP contribution < -0.4 is 11.1 Å². The van der Waals surface area contributed by atoms with E-state index in [1.807, 2.05) is 0 Å². The largest absolute Gasteiger partial charge is 0.330 e. The minimum absolute atomic E-state index is 0.849. The Labute approximate surface area is 75.9 Å². The second-order valence-corrected chi connectivity index (χ2v) is 3.83. The molecule has 0 aliphatic heterocycles. The van der Waals surface area contributed by atoms with Crippen LogP contribution in [0.4, 0.5) is 0 Å². The maximum Gasteiger partial charge on any atom is -0.00463 e. The molecule has 0 aromatic carbocycles. The molecule has 2 heteroatoms. The Bertz CT molecular complexity index is 100. The average Bonchev–Trinajstić information content (AvgIpc) is 2.87. The minimum atomic E-state index is 0.849. The normalized spacial score (nSPS) is 16.8. The van der Waals surface area contributed by atoms with Crippen LogP contribution in [0.2, 0.25) is 0 Å².